The van der Waals surface area contributed by atoms with Gasteiger partial charge in [0.25, 0.3) is 0 Å². The molecule has 1 heterocycles. The maximum absolute atomic E-state index is 10.6. The molecule has 0 radical (unpaired) electrons. The van der Waals surface area contributed by atoms with Crippen LogP contribution in [-0.4, -0.2) is 22.3 Å². The van der Waals surface area contributed by atoms with E-state index in [9.17, 15) is 9.59 Å². The highest BCUT2D eigenvalue weighted by atomic mass is 32.1. The van der Waals surface area contributed by atoms with Crippen LogP contribution in [0.4, 0.5) is 0 Å². The van der Waals surface area contributed by atoms with Gasteiger partial charge in [0, 0.05) is 10.9 Å². The molecule has 92 valence electrons. The van der Waals surface area contributed by atoms with Gasteiger partial charge in [0.05, 0.1) is 5.69 Å². The standard InChI is InChI=1S/C12H9NO4S/c14-5-8-2-1-3-10(4-8)17-6-9-7-18-11(13-9)12(15)16/h1-5,7H,6H2,(H,15,16). The molecule has 18 heavy (non-hydrogen) atoms. The first-order valence-corrected chi connectivity index (χ1v) is 5.93. The summed E-state index contributed by atoms with van der Waals surface area (Å²) in [6.07, 6.45) is 0.734. The molecule has 1 N–H and O–H groups in total. The summed E-state index contributed by atoms with van der Waals surface area (Å²) >= 11 is 1.05. The number of carboxylic acids is 1. The van der Waals surface area contributed by atoms with Crippen molar-refractivity contribution in [2.45, 2.75) is 6.61 Å². The molecular weight excluding hydrogens is 254 g/mol. The van der Waals surface area contributed by atoms with Gasteiger partial charge in [-0.15, -0.1) is 11.3 Å². The van der Waals surface area contributed by atoms with Gasteiger partial charge in [-0.1, -0.05) is 12.1 Å². The van der Waals surface area contributed by atoms with E-state index in [1.54, 1.807) is 29.6 Å². The van der Waals surface area contributed by atoms with E-state index in [-0.39, 0.29) is 11.6 Å². The van der Waals surface area contributed by atoms with E-state index < -0.39 is 5.97 Å². The lowest BCUT2D eigenvalue weighted by atomic mass is 10.2. The van der Waals surface area contributed by atoms with E-state index in [4.69, 9.17) is 9.84 Å². The number of carbonyl (C=O) groups excluding carboxylic acids is 1. The number of hydrogen-bond donors (Lipinski definition) is 1. The van der Waals surface area contributed by atoms with E-state index in [1.165, 1.54) is 0 Å². The molecule has 5 nitrogen and oxygen atoms in total. The van der Waals surface area contributed by atoms with Crippen molar-refractivity contribution in [3.63, 3.8) is 0 Å². The minimum atomic E-state index is -1.05. The maximum atomic E-state index is 10.6. The van der Waals surface area contributed by atoms with Crippen molar-refractivity contribution in [2.75, 3.05) is 0 Å². The monoisotopic (exact) mass is 263 g/mol. The van der Waals surface area contributed by atoms with Crippen LogP contribution in [0.3, 0.4) is 0 Å². The SMILES string of the molecule is O=Cc1cccc(OCc2csc(C(=O)O)n2)c1. The highest BCUT2D eigenvalue weighted by molar-refractivity contribution is 7.11. The lowest BCUT2D eigenvalue weighted by molar-refractivity contribution is 0.0696. The quantitative estimate of drug-likeness (QED) is 0.837. The van der Waals surface area contributed by atoms with Crippen molar-refractivity contribution in [2.24, 2.45) is 0 Å². The third-order valence-electron chi connectivity index (χ3n) is 2.12. The van der Waals surface area contributed by atoms with E-state index in [1.807, 2.05) is 0 Å². The molecule has 0 spiro atoms. The van der Waals surface area contributed by atoms with Gasteiger partial charge >= 0.3 is 5.97 Å². The van der Waals surface area contributed by atoms with Crippen molar-refractivity contribution in [3.8, 4) is 5.75 Å². The van der Waals surface area contributed by atoms with Gasteiger partial charge in [0.2, 0.25) is 5.01 Å². The zero-order chi connectivity index (χ0) is 13.0. The van der Waals surface area contributed by atoms with Crippen LogP contribution in [0, 0.1) is 0 Å². The van der Waals surface area contributed by atoms with Crippen LogP contribution in [0.1, 0.15) is 25.9 Å². The molecule has 0 bridgehead atoms. The number of ether oxygens (including phenoxy) is 1. The average molecular weight is 263 g/mol. The number of benzene rings is 1. The Morgan fingerprint density at radius 3 is 3.00 bits per heavy atom. The predicted molar refractivity (Wildman–Crippen MR) is 65.2 cm³/mol. The minimum absolute atomic E-state index is 0.0373. The predicted octanol–water partition coefficient (Wildman–Crippen LogP) is 2.23. The first kappa shape index (κ1) is 12.3. The first-order chi connectivity index (χ1) is 8.69. The number of nitrogens with zero attached hydrogens (tertiary/aromatic N) is 1. The average Bonchev–Trinajstić information content (AvgIpc) is 2.85. The molecule has 6 heteroatoms. The fourth-order valence-electron chi connectivity index (χ4n) is 1.31. The van der Waals surface area contributed by atoms with Gasteiger partial charge in [-0.2, -0.15) is 0 Å². The third kappa shape index (κ3) is 2.92. The summed E-state index contributed by atoms with van der Waals surface area (Å²) in [6.45, 7) is 0.173. The molecule has 2 aromatic rings. The number of hydrogen-bond acceptors (Lipinski definition) is 5. The topological polar surface area (TPSA) is 76.5 Å². The Morgan fingerprint density at radius 2 is 2.33 bits per heavy atom. The van der Waals surface area contributed by atoms with Crippen molar-refractivity contribution >= 4 is 23.6 Å². The largest absolute Gasteiger partial charge is 0.487 e. The summed E-state index contributed by atoms with van der Waals surface area (Å²) in [5.41, 5.74) is 1.07. The molecule has 1 aromatic carbocycles. The van der Waals surface area contributed by atoms with Crippen molar-refractivity contribution in [1.29, 1.82) is 0 Å². The van der Waals surface area contributed by atoms with Crippen LogP contribution < -0.4 is 4.74 Å². The van der Waals surface area contributed by atoms with E-state index >= 15 is 0 Å². The van der Waals surface area contributed by atoms with Crippen molar-refractivity contribution in [3.05, 3.63) is 45.9 Å². The van der Waals surface area contributed by atoms with Crippen LogP contribution in [0.15, 0.2) is 29.6 Å². The number of carboxylic acid groups (broad SMARTS) is 1. The number of aromatic nitrogens is 1. The molecule has 0 aliphatic heterocycles. The number of thiazole rings is 1. The van der Waals surface area contributed by atoms with Gasteiger partial charge in [0.1, 0.15) is 18.6 Å². The zero-order valence-corrected chi connectivity index (χ0v) is 10.0. The molecule has 0 saturated heterocycles. The lowest BCUT2D eigenvalue weighted by Crippen LogP contribution is -1.99. The number of aromatic carboxylic acids is 1. The minimum Gasteiger partial charge on any atom is -0.487 e. The summed E-state index contributed by atoms with van der Waals surface area (Å²) < 4.78 is 5.42. The van der Waals surface area contributed by atoms with Gasteiger partial charge in [-0.25, -0.2) is 9.78 Å². The molecule has 2 rings (SSSR count). The highest BCUT2D eigenvalue weighted by Crippen LogP contribution is 2.15. The second-order valence-electron chi connectivity index (χ2n) is 3.43. The summed E-state index contributed by atoms with van der Waals surface area (Å²) in [4.78, 5) is 25.1. The van der Waals surface area contributed by atoms with Gasteiger partial charge in [-0.3, -0.25) is 4.79 Å². The maximum Gasteiger partial charge on any atom is 0.365 e. The Bertz CT molecular complexity index is 579. The second kappa shape index (κ2) is 5.42. The smallest absolute Gasteiger partial charge is 0.365 e. The lowest BCUT2D eigenvalue weighted by Gasteiger charge is -2.04. The molecule has 0 unspecified atom stereocenters. The molecule has 1 aromatic heterocycles. The van der Waals surface area contributed by atoms with Crippen LogP contribution in [0.25, 0.3) is 0 Å². The summed E-state index contributed by atoms with van der Waals surface area (Å²) in [7, 11) is 0. The molecule has 0 amide bonds. The Hall–Kier alpha value is -2.21. The van der Waals surface area contributed by atoms with E-state index in [0.717, 1.165) is 17.6 Å². The number of carbonyl (C=O) groups is 2. The number of rotatable bonds is 5. The van der Waals surface area contributed by atoms with Crippen molar-refractivity contribution < 1.29 is 19.4 Å². The zero-order valence-electron chi connectivity index (χ0n) is 9.20. The Kier molecular flexibility index (Phi) is 3.69. The van der Waals surface area contributed by atoms with Crippen LogP contribution in [0.2, 0.25) is 0 Å². The molecule has 0 fully saturated rings. The fourth-order valence-corrected chi connectivity index (χ4v) is 1.95. The Labute approximate surface area is 107 Å². The van der Waals surface area contributed by atoms with Gasteiger partial charge in [0.15, 0.2) is 0 Å². The second-order valence-corrected chi connectivity index (χ2v) is 4.29. The molecular formula is C12H9NO4S. The van der Waals surface area contributed by atoms with Gasteiger partial charge < -0.3 is 9.84 Å². The van der Waals surface area contributed by atoms with E-state index in [0.29, 0.717) is 17.0 Å². The molecule has 0 aliphatic rings. The summed E-state index contributed by atoms with van der Waals surface area (Å²) in [6, 6.07) is 6.71. The first-order valence-electron chi connectivity index (χ1n) is 5.05. The molecule has 0 aliphatic carbocycles. The van der Waals surface area contributed by atoms with Crippen LogP contribution in [0.5, 0.6) is 5.75 Å². The fraction of sp³-hybridized carbons (Fsp3) is 0.0833. The van der Waals surface area contributed by atoms with Crippen molar-refractivity contribution in [1.82, 2.24) is 4.98 Å². The Morgan fingerprint density at radius 1 is 1.50 bits per heavy atom. The number of aldehydes is 1. The highest BCUT2D eigenvalue weighted by Gasteiger charge is 2.09. The van der Waals surface area contributed by atoms with E-state index in [2.05, 4.69) is 4.98 Å². The van der Waals surface area contributed by atoms with Crippen LogP contribution >= 0.6 is 11.3 Å². The molecule has 0 atom stereocenters. The Balaban J connectivity index is 2.01. The normalized spacial score (nSPS) is 10.0. The summed E-state index contributed by atoms with van der Waals surface area (Å²) in [5, 5.41) is 10.4. The molecule has 0 saturated carbocycles. The summed E-state index contributed by atoms with van der Waals surface area (Å²) in [5.74, 6) is -0.501. The third-order valence-corrected chi connectivity index (χ3v) is 2.99. The van der Waals surface area contributed by atoms with Crippen LogP contribution in [-0.2, 0) is 6.61 Å². The van der Waals surface area contributed by atoms with Gasteiger partial charge in [-0.05, 0) is 12.1 Å².